The van der Waals surface area contributed by atoms with E-state index >= 15 is 0 Å². The van der Waals surface area contributed by atoms with Gasteiger partial charge in [0.15, 0.2) is 0 Å². The second-order valence-electron chi connectivity index (χ2n) is 6.33. The third kappa shape index (κ3) is 3.79. The Balaban J connectivity index is 1.65. The number of aliphatic hydroxyl groups excluding tert-OH is 1. The molecule has 122 valence electrons. The molecular weight excluding hydrogens is 290 g/mol. The monoisotopic (exact) mass is 313 g/mol. The van der Waals surface area contributed by atoms with E-state index in [0.29, 0.717) is 12.1 Å². The number of aromatic nitrogens is 2. The van der Waals surface area contributed by atoms with Crippen LogP contribution >= 0.6 is 0 Å². The molecule has 1 aliphatic heterocycles. The molecule has 0 aliphatic carbocycles. The van der Waals surface area contributed by atoms with Crippen molar-refractivity contribution in [1.82, 2.24) is 14.5 Å². The van der Waals surface area contributed by atoms with E-state index < -0.39 is 0 Å². The second-order valence-corrected chi connectivity index (χ2v) is 6.33. The molecule has 1 aliphatic rings. The SMILES string of the molecule is CC(O)C1CCCN(C(=O)c2ccc(Cn3ccnc3)cc2)C1. The fourth-order valence-electron chi connectivity index (χ4n) is 3.11. The van der Waals surface area contributed by atoms with Crippen LogP contribution in [0.25, 0.3) is 0 Å². The highest BCUT2D eigenvalue weighted by molar-refractivity contribution is 5.94. The number of likely N-dealkylation sites (tertiary alicyclic amines) is 1. The lowest BCUT2D eigenvalue weighted by atomic mass is 9.93. The van der Waals surface area contributed by atoms with Crippen molar-refractivity contribution in [1.29, 1.82) is 0 Å². The van der Waals surface area contributed by atoms with Gasteiger partial charge < -0.3 is 14.6 Å². The number of carbonyl (C=O) groups excluding carboxylic acids is 1. The first kappa shape index (κ1) is 15.7. The Morgan fingerprint density at radius 2 is 2.17 bits per heavy atom. The molecule has 5 heteroatoms. The molecule has 2 heterocycles. The van der Waals surface area contributed by atoms with Crippen molar-refractivity contribution in [3.63, 3.8) is 0 Å². The number of rotatable bonds is 4. The molecule has 1 saturated heterocycles. The lowest BCUT2D eigenvalue weighted by molar-refractivity contribution is 0.0466. The van der Waals surface area contributed by atoms with E-state index in [0.717, 1.165) is 31.5 Å². The predicted octanol–water partition coefficient (Wildman–Crippen LogP) is 2.16. The summed E-state index contributed by atoms with van der Waals surface area (Å²) >= 11 is 0. The highest BCUT2D eigenvalue weighted by Crippen LogP contribution is 2.21. The van der Waals surface area contributed by atoms with E-state index in [1.807, 2.05) is 46.9 Å². The van der Waals surface area contributed by atoms with Gasteiger partial charge in [0.2, 0.25) is 0 Å². The third-order valence-electron chi connectivity index (χ3n) is 4.55. The molecule has 2 unspecified atom stereocenters. The summed E-state index contributed by atoms with van der Waals surface area (Å²) in [5, 5.41) is 9.76. The van der Waals surface area contributed by atoms with Gasteiger partial charge in [0.1, 0.15) is 0 Å². The van der Waals surface area contributed by atoms with Gasteiger partial charge >= 0.3 is 0 Å². The standard InChI is InChI=1S/C18H23N3O2/c1-14(22)17-3-2-9-21(12-17)18(23)16-6-4-15(5-7-16)11-20-10-8-19-13-20/h4-8,10,13-14,17,22H,2-3,9,11-12H2,1H3. The largest absolute Gasteiger partial charge is 0.393 e. The molecule has 0 spiro atoms. The molecule has 5 nitrogen and oxygen atoms in total. The first-order chi connectivity index (χ1) is 11.1. The van der Waals surface area contributed by atoms with Crippen molar-refractivity contribution in [2.75, 3.05) is 13.1 Å². The molecule has 2 aromatic rings. The summed E-state index contributed by atoms with van der Waals surface area (Å²) in [6.07, 6.45) is 7.05. The lowest BCUT2D eigenvalue weighted by Crippen LogP contribution is -2.42. The first-order valence-corrected chi connectivity index (χ1v) is 8.15. The normalized spacial score (nSPS) is 19.6. The van der Waals surface area contributed by atoms with Gasteiger partial charge in [-0.25, -0.2) is 4.98 Å². The smallest absolute Gasteiger partial charge is 0.253 e. The number of hydrogen-bond donors (Lipinski definition) is 1. The number of aliphatic hydroxyl groups is 1. The molecule has 1 aromatic heterocycles. The van der Waals surface area contributed by atoms with Crippen molar-refractivity contribution in [3.8, 4) is 0 Å². The van der Waals surface area contributed by atoms with Crippen LogP contribution in [0, 0.1) is 5.92 Å². The van der Waals surface area contributed by atoms with Gasteiger partial charge in [0.25, 0.3) is 5.91 Å². The van der Waals surface area contributed by atoms with Crippen LogP contribution in [0.4, 0.5) is 0 Å². The Bertz CT molecular complexity index is 635. The van der Waals surface area contributed by atoms with Crippen LogP contribution in [0.3, 0.4) is 0 Å². The molecule has 1 aromatic carbocycles. The van der Waals surface area contributed by atoms with Crippen LogP contribution in [0.15, 0.2) is 43.0 Å². The number of nitrogens with zero attached hydrogens (tertiary/aromatic N) is 3. The van der Waals surface area contributed by atoms with E-state index in [-0.39, 0.29) is 17.9 Å². The predicted molar refractivity (Wildman–Crippen MR) is 88.1 cm³/mol. The van der Waals surface area contributed by atoms with Crippen LogP contribution in [-0.2, 0) is 6.54 Å². The minimum Gasteiger partial charge on any atom is -0.393 e. The van der Waals surface area contributed by atoms with Crippen LogP contribution in [-0.4, -0.2) is 44.7 Å². The van der Waals surface area contributed by atoms with E-state index in [9.17, 15) is 9.90 Å². The Hall–Kier alpha value is -2.14. The van der Waals surface area contributed by atoms with Gasteiger partial charge in [-0.1, -0.05) is 12.1 Å². The maximum Gasteiger partial charge on any atom is 0.253 e. The number of piperidine rings is 1. The van der Waals surface area contributed by atoms with Crippen LogP contribution in [0.2, 0.25) is 0 Å². The van der Waals surface area contributed by atoms with Crippen LogP contribution < -0.4 is 0 Å². The van der Waals surface area contributed by atoms with Crippen LogP contribution in [0.1, 0.15) is 35.7 Å². The molecule has 1 fully saturated rings. The second kappa shape index (κ2) is 6.96. The molecular formula is C18H23N3O2. The highest BCUT2D eigenvalue weighted by Gasteiger charge is 2.26. The zero-order valence-corrected chi connectivity index (χ0v) is 13.4. The van der Waals surface area contributed by atoms with E-state index in [1.165, 1.54) is 0 Å². The minimum atomic E-state index is -0.358. The summed E-state index contributed by atoms with van der Waals surface area (Å²) in [5.74, 6) is 0.248. The average molecular weight is 313 g/mol. The maximum atomic E-state index is 12.6. The fourth-order valence-corrected chi connectivity index (χ4v) is 3.11. The number of imidazole rings is 1. The average Bonchev–Trinajstić information content (AvgIpc) is 3.08. The van der Waals surface area contributed by atoms with Gasteiger partial charge in [-0.05, 0) is 37.5 Å². The van der Waals surface area contributed by atoms with Gasteiger partial charge in [0, 0.05) is 43.5 Å². The Morgan fingerprint density at radius 1 is 1.39 bits per heavy atom. The van der Waals surface area contributed by atoms with E-state index in [4.69, 9.17) is 0 Å². The molecule has 0 radical (unpaired) electrons. The Morgan fingerprint density at radius 3 is 2.83 bits per heavy atom. The summed E-state index contributed by atoms with van der Waals surface area (Å²) in [6, 6.07) is 7.76. The van der Waals surface area contributed by atoms with Crippen molar-refractivity contribution in [2.24, 2.45) is 5.92 Å². The van der Waals surface area contributed by atoms with Gasteiger partial charge in [-0.3, -0.25) is 4.79 Å². The van der Waals surface area contributed by atoms with E-state index in [1.54, 1.807) is 12.5 Å². The molecule has 23 heavy (non-hydrogen) atoms. The number of hydrogen-bond acceptors (Lipinski definition) is 3. The van der Waals surface area contributed by atoms with Gasteiger partial charge in [-0.15, -0.1) is 0 Å². The van der Waals surface area contributed by atoms with Crippen molar-refractivity contribution >= 4 is 5.91 Å². The highest BCUT2D eigenvalue weighted by atomic mass is 16.3. The minimum absolute atomic E-state index is 0.0598. The van der Waals surface area contributed by atoms with E-state index in [2.05, 4.69) is 4.98 Å². The number of carbonyl (C=O) groups is 1. The lowest BCUT2D eigenvalue weighted by Gasteiger charge is -2.34. The summed E-state index contributed by atoms with van der Waals surface area (Å²) in [4.78, 5) is 18.5. The summed E-state index contributed by atoms with van der Waals surface area (Å²) in [5.41, 5.74) is 1.85. The maximum absolute atomic E-state index is 12.6. The molecule has 2 atom stereocenters. The zero-order valence-electron chi connectivity index (χ0n) is 13.4. The fraction of sp³-hybridized carbons (Fsp3) is 0.444. The summed E-state index contributed by atoms with van der Waals surface area (Å²) < 4.78 is 1.99. The van der Waals surface area contributed by atoms with Gasteiger partial charge in [-0.2, -0.15) is 0 Å². The Labute approximate surface area is 136 Å². The zero-order chi connectivity index (χ0) is 16.2. The topological polar surface area (TPSA) is 58.4 Å². The summed E-state index contributed by atoms with van der Waals surface area (Å²) in [6.45, 7) is 3.98. The quantitative estimate of drug-likeness (QED) is 0.941. The molecule has 3 rings (SSSR count). The van der Waals surface area contributed by atoms with Crippen molar-refractivity contribution in [2.45, 2.75) is 32.4 Å². The number of amides is 1. The van der Waals surface area contributed by atoms with Crippen LogP contribution in [0.5, 0.6) is 0 Å². The molecule has 0 saturated carbocycles. The Kier molecular flexibility index (Phi) is 4.76. The third-order valence-corrected chi connectivity index (χ3v) is 4.55. The molecule has 1 N–H and O–H groups in total. The number of benzene rings is 1. The van der Waals surface area contributed by atoms with Crippen molar-refractivity contribution < 1.29 is 9.90 Å². The summed E-state index contributed by atoms with van der Waals surface area (Å²) in [7, 11) is 0. The molecule has 0 bridgehead atoms. The first-order valence-electron chi connectivity index (χ1n) is 8.15. The molecule has 1 amide bonds. The van der Waals surface area contributed by atoms with Crippen molar-refractivity contribution in [3.05, 3.63) is 54.1 Å². The van der Waals surface area contributed by atoms with Gasteiger partial charge in [0.05, 0.1) is 12.4 Å².